The first-order valence-corrected chi connectivity index (χ1v) is 3.70. The zero-order valence-electron chi connectivity index (χ0n) is 7.07. The molecule has 0 saturated heterocycles. The molecule has 1 rings (SSSR count). The van der Waals surface area contributed by atoms with E-state index in [4.69, 9.17) is 5.26 Å². The molecule has 12 heavy (non-hydrogen) atoms. The van der Waals surface area contributed by atoms with Gasteiger partial charge in [0.15, 0.2) is 0 Å². The third-order valence-corrected chi connectivity index (χ3v) is 1.64. The van der Waals surface area contributed by atoms with Gasteiger partial charge in [0.25, 0.3) is 0 Å². The van der Waals surface area contributed by atoms with Crippen molar-refractivity contribution in [1.29, 1.82) is 5.26 Å². The van der Waals surface area contributed by atoms with E-state index in [9.17, 15) is 5.11 Å². The normalized spacial score (nSPS) is 12.2. The van der Waals surface area contributed by atoms with Crippen molar-refractivity contribution in [3.8, 4) is 6.07 Å². The van der Waals surface area contributed by atoms with Gasteiger partial charge in [0.1, 0.15) is 6.07 Å². The van der Waals surface area contributed by atoms with Gasteiger partial charge in [-0.2, -0.15) is 5.26 Å². The molecule has 3 heteroatoms. The molecule has 3 nitrogen and oxygen atoms in total. The van der Waals surface area contributed by atoms with Crippen molar-refractivity contribution >= 4 is 0 Å². The first kappa shape index (κ1) is 8.69. The van der Waals surface area contributed by atoms with E-state index in [-0.39, 0.29) is 0 Å². The smallest absolute Gasteiger partial charge is 0.101 e. The molecule has 62 valence electrons. The van der Waals surface area contributed by atoms with Crippen molar-refractivity contribution in [2.45, 2.75) is 20.0 Å². The zero-order chi connectivity index (χ0) is 9.14. The van der Waals surface area contributed by atoms with Crippen molar-refractivity contribution in [2.24, 2.45) is 0 Å². The maximum absolute atomic E-state index is 9.22. The number of hydrogen-bond donors (Lipinski definition) is 1. The first-order chi connectivity index (χ1) is 5.65. The van der Waals surface area contributed by atoms with E-state index in [1.165, 1.54) is 6.20 Å². The highest BCUT2D eigenvalue weighted by Crippen LogP contribution is 2.14. The number of aliphatic hydroxyl groups is 1. The van der Waals surface area contributed by atoms with E-state index in [2.05, 4.69) is 4.98 Å². The van der Waals surface area contributed by atoms with Gasteiger partial charge in [0.05, 0.1) is 17.4 Å². The van der Waals surface area contributed by atoms with Gasteiger partial charge in [0, 0.05) is 6.20 Å². The molecule has 1 aromatic heterocycles. The zero-order valence-corrected chi connectivity index (χ0v) is 7.07. The second kappa shape index (κ2) is 3.33. The Morgan fingerprint density at radius 2 is 2.33 bits per heavy atom. The lowest BCUT2D eigenvalue weighted by molar-refractivity contribution is 0.193. The molecular formula is C9H10N2O. The molecule has 1 atom stereocenters. The minimum absolute atomic E-state index is 0.525. The fourth-order valence-corrected chi connectivity index (χ4v) is 1.08. The molecule has 0 amide bonds. The first-order valence-electron chi connectivity index (χ1n) is 3.70. The Hall–Kier alpha value is -1.40. The summed E-state index contributed by atoms with van der Waals surface area (Å²) in [5, 5.41) is 17.8. The highest BCUT2D eigenvalue weighted by molar-refractivity contribution is 5.32. The molecule has 1 N–H and O–H groups in total. The van der Waals surface area contributed by atoms with Crippen LogP contribution in [0.15, 0.2) is 12.3 Å². The Kier molecular flexibility index (Phi) is 2.41. The molecule has 0 saturated carbocycles. The molecule has 1 unspecified atom stereocenters. The van der Waals surface area contributed by atoms with Crippen LogP contribution in [0.5, 0.6) is 0 Å². The summed E-state index contributed by atoms with van der Waals surface area (Å²) in [5.41, 5.74) is 2.01. The van der Waals surface area contributed by atoms with Crippen LogP contribution in [0, 0.1) is 18.3 Å². The fourth-order valence-electron chi connectivity index (χ4n) is 1.08. The summed E-state index contributed by atoms with van der Waals surface area (Å²) < 4.78 is 0. The van der Waals surface area contributed by atoms with Crippen molar-refractivity contribution in [3.63, 3.8) is 0 Å². The van der Waals surface area contributed by atoms with E-state index in [1.807, 2.05) is 13.0 Å². The quantitative estimate of drug-likeness (QED) is 0.677. The highest BCUT2D eigenvalue weighted by atomic mass is 16.3. The van der Waals surface area contributed by atoms with E-state index in [0.29, 0.717) is 11.3 Å². The lowest BCUT2D eigenvalue weighted by Gasteiger charge is -2.06. The third-order valence-electron chi connectivity index (χ3n) is 1.64. The van der Waals surface area contributed by atoms with Crippen LogP contribution >= 0.6 is 0 Å². The van der Waals surface area contributed by atoms with Gasteiger partial charge >= 0.3 is 0 Å². The predicted octanol–water partition coefficient (Wildman–Crippen LogP) is 1.31. The molecule has 0 aliphatic carbocycles. The van der Waals surface area contributed by atoms with Crippen LogP contribution in [-0.4, -0.2) is 10.1 Å². The van der Waals surface area contributed by atoms with Crippen LogP contribution in [0.1, 0.15) is 29.8 Å². The van der Waals surface area contributed by atoms with Crippen molar-refractivity contribution in [2.75, 3.05) is 0 Å². The Morgan fingerprint density at radius 3 is 2.75 bits per heavy atom. The van der Waals surface area contributed by atoms with E-state index < -0.39 is 6.10 Å². The van der Waals surface area contributed by atoms with Crippen LogP contribution < -0.4 is 0 Å². The average Bonchev–Trinajstić information content (AvgIpc) is 2.03. The summed E-state index contributed by atoms with van der Waals surface area (Å²) in [6, 6.07) is 3.71. The fraction of sp³-hybridized carbons (Fsp3) is 0.333. The van der Waals surface area contributed by atoms with Crippen LogP contribution in [0.2, 0.25) is 0 Å². The predicted molar refractivity (Wildman–Crippen MR) is 44.3 cm³/mol. The Bertz CT molecular complexity index is 326. The summed E-state index contributed by atoms with van der Waals surface area (Å²) in [4.78, 5) is 3.98. The molecule has 0 aromatic carbocycles. The summed E-state index contributed by atoms with van der Waals surface area (Å²) in [7, 11) is 0. The minimum atomic E-state index is -0.572. The van der Waals surface area contributed by atoms with E-state index >= 15 is 0 Å². The van der Waals surface area contributed by atoms with Crippen LogP contribution in [0.4, 0.5) is 0 Å². The summed E-state index contributed by atoms with van der Waals surface area (Å²) in [6.45, 7) is 3.48. The Balaban J connectivity index is 3.14. The molecule has 0 fully saturated rings. The molecule has 0 aliphatic heterocycles. The number of rotatable bonds is 1. The Labute approximate surface area is 71.3 Å². The van der Waals surface area contributed by atoms with Gasteiger partial charge in [-0.25, -0.2) is 0 Å². The van der Waals surface area contributed by atoms with Gasteiger partial charge in [-0.3, -0.25) is 4.98 Å². The number of nitrogens with zero attached hydrogens (tertiary/aromatic N) is 2. The number of nitriles is 1. The number of aliphatic hydroxyl groups excluding tert-OH is 1. The molecule has 0 aliphatic rings. The van der Waals surface area contributed by atoms with Gasteiger partial charge in [-0.05, 0) is 25.5 Å². The summed E-state index contributed by atoms with van der Waals surface area (Å²) in [5.74, 6) is 0. The summed E-state index contributed by atoms with van der Waals surface area (Å²) in [6.07, 6.45) is 0.896. The standard InChI is InChI=1S/C9H10N2O/c1-6-3-8(4-10)5-11-9(6)7(2)12/h3,5,7,12H,1-2H3. The van der Waals surface area contributed by atoms with E-state index in [1.54, 1.807) is 13.0 Å². The van der Waals surface area contributed by atoms with Crippen LogP contribution in [-0.2, 0) is 0 Å². The topological polar surface area (TPSA) is 56.9 Å². The third kappa shape index (κ3) is 1.60. The monoisotopic (exact) mass is 162 g/mol. The molecule has 0 bridgehead atoms. The SMILES string of the molecule is Cc1cc(C#N)cnc1C(C)O. The second-order valence-corrected chi connectivity index (χ2v) is 2.71. The number of aromatic nitrogens is 1. The van der Waals surface area contributed by atoms with Crippen molar-refractivity contribution in [3.05, 3.63) is 29.1 Å². The molecular weight excluding hydrogens is 152 g/mol. The largest absolute Gasteiger partial charge is 0.387 e. The van der Waals surface area contributed by atoms with Crippen molar-refractivity contribution in [1.82, 2.24) is 4.98 Å². The van der Waals surface area contributed by atoms with Gasteiger partial charge in [-0.15, -0.1) is 0 Å². The highest BCUT2D eigenvalue weighted by Gasteiger charge is 2.06. The summed E-state index contributed by atoms with van der Waals surface area (Å²) >= 11 is 0. The minimum Gasteiger partial charge on any atom is -0.387 e. The lowest BCUT2D eigenvalue weighted by atomic mass is 10.1. The molecule has 1 aromatic rings. The van der Waals surface area contributed by atoms with Crippen LogP contribution in [0.25, 0.3) is 0 Å². The van der Waals surface area contributed by atoms with E-state index in [0.717, 1.165) is 5.56 Å². The number of aryl methyl sites for hydroxylation is 1. The molecule has 0 spiro atoms. The molecule has 1 heterocycles. The van der Waals surface area contributed by atoms with Gasteiger partial charge in [-0.1, -0.05) is 0 Å². The maximum Gasteiger partial charge on any atom is 0.101 e. The Morgan fingerprint density at radius 1 is 1.67 bits per heavy atom. The maximum atomic E-state index is 9.22. The van der Waals surface area contributed by atoms with Gasteiger partial charge < -0.3 is 5.11 Å². The second-order valence-electron chi connectivity index (χ2n) is 2.71. The van der Waals surface area contributed by atoms with Crippen molar-refractivity contribution < 1.29 is 5.11 Å². The number of hydrogen-bond acceptors (Lipinski definition) is 3. The lowest BCUT2D eigenvalue weighted by Crippen LogP contribution is -1.99. The van der Waals surface area contributed by atoms with Crippen LogP contribution in [0.3, 0.4) is 0 Å². The number of pyridine rings is 1. The average molecular weight is 162 g/mol. The van der Waals surface area contributed by atoms with Gasteiger partial charge in [0.2, 0.25) is 0 Å². The molecule has 0 radical (unpaired) electrons.